The van der Waals surface area contributed by atoms with Crippen molar-refractivity contribution in [1.29, 1.82) is 0 Å². The number of hydrogen-bond acceptors (Lipinski definition) is 2. The second-order valence-corrected chi connectivity index (χ2v) is 3.90. The quantitative estimate of drug-likeness (QED) is 0.745. The Morgan fingerprint density at radius 1 is 1.27 bits per heavy atom. The van der Waals surface area contributed by atoms with Crippen molar-refractivity contribution in [2.45, 2.75) is 12.5 Å². The van der Waals surface area contributed by atoms with Gasteiger partial charge in [-0.1, -0.05) is 0 Å². The Morgan fingerprint density at radius 2 is 1.93 bits per heavy atom. The zero-order chi connectivity index (χ0) is 10.8. The van der Waals surface area contributed by atoms with Gasteiger partial charge in [0.1, 0.15) is 23.5 Å². The molecule has 1 aromatic rings. The van der Waals surface area contributed by atoms with Crippen LogP contribution in [0.1, 0.15) is 6.42 Å². The highest BCUT2D eigenvalue weighted by molar-refractivity contribution is 5.24. The lowest BCUT2D eigenvalue weighted by atomic mass is 10.3. The van der Waals surface area contributed by atoms with Crippen LogP contribution in [-0.4, -0.2) is 31.1 Å². The minimum atomic E-state index is -0.601. The molecule has 1 aliphatic rings. The average Bonchev–Trinajstić information content (AvgIpc) is 2.49. The van der Waals surface area contributed by atoms with E-state index in [2.05, 4.69) is 4.90 Å². The van der Waals surface area contributed by atoms with E-state index in [4.69, 9.17) is 4.74 Å². The fourth-order valence-corrected chi connectivity index (χ4v) is 1.78. The molecule has 2 nitrogen and oxygen atoms in total. The summed E-state index contributed by atoms with van der Waals surface area (Å²) in [5.41, 5.74) is 0. The monoisotopic (exact) mass is 213 g/mol. The van der Waals surface area contributed by atoms with Gasteiger partial charge < -0.3 is 9.64 Å². The third-order valence-corrected chi connectivity index (χ3v) is 2.49. The van der Waals surface area contributed by atoms with Crippen LogP contribution >= 0.6 is 0 Å². The lowest BCUT2D eigenvalue weighted by Gasteiger charge is -2.13. The first kappa shape index (κ1) is 10.4. The summed E-state index contributed by atoms with van der Waals surface area (Å²) < 4.78 is 31.2. The van der Waals surface area contributed by atoms with E-state index in [0.717, 1.165) is 25.6 Å². The molecule has 15 heavy (non-hydrogen) atoms. The smallest absolute Gasteiger partial charge is 0.129 e. The topological polar surface area (TPSA) is 12.5 Å². The Morgan fingerprint density at radius 3 is 2.47 bits per heavy atom. The summed E-state index contributed by atoms with van der Waals surface area (Å²) in [6, 6.07) is 3.26. The molecule has 1 aromatic carbocycles. The largest absolute Gasteiger partial charge is 0.489 e. The molecule has 0 N–H and O–H groups in total. The molecule has 0 spiro atoms. The van der Waals surface area contributed by atoms with E-state index in [0.29, 0.717) is 0 Å². The fraction of sp³-hybridized carbons (Fsp3) is 0.455. The molecular weight excluding hydrogens is 200 g/mol. The summed E-state index contributed by atoms with van der Waals surface area (Å²) in [4.78, 5) is 2.13. The van der Waals surface area contributed by atoms with Crippen molar-refractivity contribution in [3.05, 3.63) is 29.8 Å². The van der Waals surface area contributed by atoms with Gasteiger partial charge in [0.2, 0.25) is 0 Å². The second-order valence-electron chi connectivity index (χ2n) is 3.90. The third kappa shape index (κ3) is 2.65. The molecule has 1 unspecified atom stereocenters. The molecule has 82 valence electrons. The van der Waals surface area contributed by atoms with Gasteiger partial charge >= 0.3 is 0 Å². The summed E-state index contributed by atoms with van der Waals surface area (Å²) in [6.45, 7) is 1.76. The van der Waals surface area contributed by atoms with E-state index < -0.39 is 11.6 Å². The molecule has 1 saturated heterocycles. The number of hydrogen-bond donors (Lipinski definition) is 0. The summed E-state index contributed by atoms with van der Waals surface area (Å²) in [5.74, 6) is -0.930. The Kier molecular flexibility index (Phi) is 2.86. The van der Waals surface area contributed by atoms with Gasteiger partial charge in [0.15, 0.2) is 0 Å². The maximum Gasteiger partial charge on any atom is 0.129 e. The molecular formula is C11H13F2NO. The zero-order valence-corrected chi connectivity index (χ0v) is 8.54. The van der Waals surface area contributed by atoms with Crippen molar-refractivity contribution in [2.75, 3.05) is 20.1 Å². The average molecular weight is 213 g/mol. The number of ether oxygens (including phenoxy) is 1. The van der Waals surface area contributed by atoms with E-state index in [1.807, 2.05) is 7.05 Å². The summed E-state index contributed by atoms with van der Waals surface area (Å²) in [7, 11) is 2.00. The SMILES string of the molecule is CN1CCC(Oc2cc(F)cc(F)c2)C1. The first-order valence-electron chi connectivity index (χ1n) is 4.95. The van der Waals surface area contributed by atoms with Crippen LogP contribution in [0.2, 0.25) is 0 Å². The molecule has 1 fully saturated rings. The van der Waals surface area contributed by atoms with E-state index in [1.54, 1.807) is 0 Å². The molecule has 1 heterocycles. The van der Waals surface area contributed by atoms with Gasteiger partial charge in [-0.05, 0) is 13.5 Å². The molecule has 0 saturated carbocycles. The van der Waals surface area contributed by atoms with Crippen LogP contribution in [0, 0.1) is 11.6 Å². The molecule has 0 aliphatic carbocycles. The number of likely N-dealkylation sites (tertiary alicyclic amines) is 1. The van der Waals surface area contributed by atoms with E-state index >= 15 is 0 Å². The van der Waals surface area contributed by atoms with Crippen LogP contribution < -0.4 is 4.74 Å². The number of halogens is 2. The van der Waals surface area contributed by atoms with Crippen molar-refractivity contribution >= 4 is 0 Å². The Balaban J connectivity index is 2.04. The molecule has 0 amide bonds. The van der Waals surface area contributed by atoms with Gasteiger partial charge in [0, 0.05) is 31.3 Å². The van der Waals surface area contributed by atoms with Crippen molar-refractivity contribution in [3.63, 3.8) is 0 Å². The molecule has 0 bridgehead atoms. The van der Waals surface area contributed by atoms with Gasteiger partial charge in [-0.2, -0.15) is 0 Å². The summed E-state index contributed by atoms with van der Waals surface area (Å²) in [5, 5.41) is 0. The number of rotatable bonds is 2. The van der Waals surface area contributed by atoms with Crippen LogP contribution in [-0.2, 0) is 0 Å². The van der Waals surface area contributed by atoms with Gasteiger partial charge in [0.05, 0.1) is 0 Å². The van der Waals surface area contributed by atoms with Gasteiger partial charge in [-0.15, -0.1) is 0 Å². The molecule has 0 radical (unpaired) electrons. The van der Waals surface area contributed by atoms with E-state index in [1.165, 1.54) is 12.1 Å². The van der Waals surface area contributed by atoms with Crippen LogP contribution in [0.3, 0.4) is 0 Å². The first-order chi connectivity index (χ1) is 7.13. The van der Waals surface area contributed by atoms with Crippen molar-refractivity contribution in [1.82, 2.24) is 4.90 Å². The molecule has 4 heteroatoms. The first-order valence-corrected chi connectivity index (χ1v) is 4.95. The van der Waals surface area contributed by atoms with Crippen molar-refractivity contribution in [3.8, 4) is 5.75 Å². The standard InChI is InChI=1S/C11H13F2NO/c1-14-3-2-10(7-14)15-11-5-8(12)4-9(13)6-11/h4-6,10H,2-3,7H2,1H3. The Labute approximate surface area is 87.5 Å². The predicted molar refractivity (Wildman–Crippen MR) is 52.9 cm³/mol. The predicted octanol–water partition coefficient (Wildman–Crippen LogP) is 2.05. The highest BCUT2D eigenvalue weighted by Crippen LogP contribution is 2.20. The molecule has 1 atom stereocenters. The molecule has 0 aromatic heterocycles. The molecule has 1 aliphatic heterocycles. The van der Waals surface area contributed by atoms with Crippen LogP contribution in [0.15, 0.2) is 18.2 Å². The van der Waals surface area contributed by atoms with Crippen LogP contribution in [0.4, 0.5) is 8.78 Å². The normalized spacial score (nSPS) is 21.9. The maximum absolute atomic E-state index is 12.8. The number of likely N-dealkylation sites (N-methyl/N-ethyl adjacent to an activating group) is 1. The van der Waals surface area contributed by atoms with Gasteiger partial charge in [-0.25, -0.2) is 8.78 Å². The number of benzene rings is 1. The summed E-state index contributed by atoms with van der Waals surface area (Å²) >= 11 is 0. The highest BCUT2D eigenvalue weighted by atomic mass is 19.1. The second kappa shape index (κ2) is 4.14. The minimum absolute atomic E-state index is 0.0381. The lowest BCUT2D eigenvalue weighted by Crippen LogP contribution is -2.21. The summed E-state index contributed by atoms with van der Waals surface area (Å²) in [6.07, 6.45) is 0.936. The van der Waals surface area contributed by atoms with Crippen LogP contribution in [0.5, 0.6) is 5.75 Å². The van der Waals surface area contributed by atoms with E-state index in [-0.39, 0.29) is 11.9 Å². The Bertz CT molecular complexity index is 336. The fourth-order valence-electron chi connectivity index (χ4n) is 1.78. The lowest BCUT2D eigenvalue weighted by molar-refractivity contribution is 0.206. The van der Waals surface area contributed by atoms with Gasteiger partial charge in [0.25, 0.3) is 0 Å². The zero-order valence-electron chi connectivity index (χ0n) is 8.54. The van der Waals surface area contributed by atoms with Crippen molar-refractivity contribution in [2.24, 2.45) is 0 Å². The minimum Gasteiger partial charge on any atom is -0.489 e. The highest BCUT2D eigenvalue weighted by Gasteiger charge is 2.21. The van der Waals surface area contributed by atoms with Crippen LogP contribution in [0.25, 0.3) is 0 Å². The number of nitrogens with zero attached hydrogens (tertiary/aromatic N) is 1. The van der Waals surface area contributed by atoms with Gasteiger partial charge in [-0.3, -0.25) is 0 Å². The van der Waals surface area contributed by atoms with Crippen molar-refractivity contribution < 1.29 is 13.5 Å². The van der Waals surface area contributed by atoms with E-state index in [9.17, 15) is 8.78 Å². The third-order valence-electron chi connectivity index (χ3n) is 2.49. The maximum atomic E-state index is 12.8. The molecule has 2 rings (SSSR count). The Hall–Kier alpha value is -1.16.